The van der Waals surface area contributed by atoms with Crippen LogP contribution in [-0.4, -0.2) is 62.2 Å². The third-order valence-electron chi connectivity index (χ3n) is 6.03. The van der Waals surface area contributed by atoms with Gasteiger partial charge in [0.05, 0.1) is 10.9 Å². The van der Waals surface area contributed by atoms with Crippen molar-refractivity contribution in [1.29, 1.82) is 0 Å². The fraction of sp³-hybridized carbons (Fsp3) is 0.208. The molecule has 11 nitrogen and oxygen atoms in total. The Labute approximate surface area is 230 Å². The van der Waals surface area contributed by atoms with E-state index in [1.165, 1.54) is 24.3 Å². The van der Waals surface area contributed by atoms with Gasteiger partial charge in [0.15, 0.2) is 6.61 Å². The number of hydrogen-bond donors (Lipinski definition) is 4. The lowest BCUT2D eigenvalue weighted by molar-refractivity contribution is -0.149. The van der Waals surface area contributed by atoms with E-state index in [4.69, 9.17) is 4.74 Å². The molecule has 3 aromatic rings. The average molecular weight is 620 g/mol. The highest BCUT2D eigenvalue weighted by molar-refractivity contribution is 9.10. The largest absolute Gasteiger partial charge is 0.508 e. The number of rotatable bonds is 7. The molecule has 0 saturated carbocycles. The van der Waals surface area contributed by atoms with Crippen LogP contribution >= 0.6 is 39.0 Å². The molecular formula is C24H18BrN3O8S2. The molecule has 0 aliphatic carbocycles. The number of fused-ring (bicyclic) bond motifs is 2. The Hall–Kier alpha value is -3.62. The van der Waals surface area contributed by atoms with Gasteiger partial charge >= 0.3 is 10.8 Å². The fourth-order valence-electron chi connectivity index (χ4n) is 4.48. The lowest BCUT2D eigenvalue weighted by Crippen LogP contribution is -2.36. The Bertz CT molecular complexity index is 1520. The molecule has 196 valence electrons. The zero-order valence-corrected chi connectivity index (χ0v) is 22.4. The molecule has 14 heteroatoms. The Morgan fingerprint density at radius 1 is 1.11 bits per heavy atom. The summed E-state index contributed by atoms with van der Waals surface area (Å²) in [5.41, 5.74) is 0.914. The van der Waals surface area contributed by atoms with Gasteiger partial charge in [0.1, 0.15) is 23.3 Å². The molecule has 4 N–H and O–H groups in total. The van der Waals surface area contributed by atoms with E-state index in [-0.39, 0.29) is 23.0 Å². The predicted octanol–water partition coefficient (Wildman–Crippen LogP) is 2.60. The molecule has 0 bridgehead atoms. The van der Waals surface area contributed by atoms with Crippen LogP contribution in [0.2, 0.25) is 0 Å². The number of phenols is 1. The van der Waals surface area contributed by atoms with E-state index < -0.39 is 47.3 Å². The molecule has 3 amide bonds. The van der Waals surface area contributed by atoms with E-state index in [9.17, 15) is 34.2 Å². The highest BCUT2D eigenvalue weighted by atomic mass is 79.9. The number of carboxylic acids is 1. The van der Waals surface area contributed by atoms with Gasteiger partial charge in [-0.1, -0.05) is 39.0 Å². The molecule has 1 saturated heterocycles. The van der Waals surface area contributed by atoms with Crippen molar-refractivity contribution in [2.45, 2.75) is 16.2 Å². The van der Waals surface area contributed by atoms with Gasteiger partial charge in [0.2, 0.25) is 11.8 Å². The van der Waals surface area contributed by atoms with Gasteiger partial charge in [-0.05, 0) is 42.5 Å². The number of aliphatic carboxylic acids is 1. The number of thioether (sulfide) groups is 1. The second kappa shape index (κ2) is 10.3. The summed E-state index contributed by atoms with van der Waals surface area (Å²) in [6.45, 7) is -1.15. The topological polar surface area (TPSA) is 166 Å². The normalized spacial score (nSPS) is 20.1. The number of carboxylic acid groups (broad SMARTS) is 1. The standard InChI is InChI=1S/C24H18BrN3O8S2/c25-10-1-6-14(36-9-15(30)26-11-2-4-12(29)5-3-11)13(7-10)17-18-20(37-21-19(17)38-24(35)27-21)23(34)28(22(18)33)8-16(31)32/h1-7,17-18,20,29H,8-9H2,(H,26,30)(H,27,35)(H,31,32)/t17-,18?,20?/m1/s1. The number of nitrogens with one attached hydrogen (secondary N) is 2. The van der Waals surface area contributed by atoms with E-state index in [0.29, 0.717) is 25.6 Å². The average Bonchev–Trinajstić information content (AvgIpc) is 3.35. The van der Waals surface area contributed by atoms with Crippen molar-refractivity contribution >= 4 is 68.4 Å². The summed E-state index contributed by atoms with van der Waals surface area (Å²) in [6, 6.07) is 10.9. The molecule has 0 radical (unpaired) electrons. The van der Waals surface area contributed by atoms with Crippen LogP contribution in [0, 0.1) is 5.92 Å². The summed E-state index contributed by atoms with van der Waals surface area (Å²) in [4.78, 5) is 66.2. The number of carbonyl (C=O) groups is 4. The van der Waals surface area contributed by atoms with Crippen molar-refractivity contribution in [3.63, 3.8) is 0 Å². The first-order valence-corrected chi connectivity index (χ1v) is 13.6. The quantitative estimate of drug-likeness (QED) is 0.229. The van der Waals surface area contributed by atoms with Crippen molar-refractivity contribution in [1.82, 2.24) is 9.88 Å². The van der Waals surface area contributed by atoms with Crippen molar-refractivity contribution < 1.29 is 34.1 Å². The monoisotopic (exact) mass is 619 g/mol. The van der Waals surface area contributed by atoms with Gasteiger partial charge in [0, 0.05) is 26.5 Å². The second-order valence-electron chi connectivity index (χ2n) is 8.47. The molecule has 38 heavy (non-hydrogen) atoms. The van der Waals surface area contributed by atoms with Crippen LogP contribution in [0.15, 0.2) is 56.8 Å². The van der Waals surface area contributed by atoms with Gasteiger partial charge in [-0.3, -0.25) is 28.9 Å². The van der Waals surface area contributed by atoms with E-state index in [1.807, 2.05) is 0 Å². The lowest BCUT2D eigenvalue weighted by atomic mass is 9.82. The van der Waals surface area contributed by atoms with E-state index in [1.54, 1.807) is 18.2 Å². The Kier molecular flexibility index (Phi) is 7.03. The number of halogens is 1. The molecular weight excluding hydrogens is 602 g/mol. The molecule has 2 aromatic carbocycles. The van der Waals surface area contributed by atoms with Crippen LogP contribution in [0.4, 0.5) is 5.69 Å². The maximum atomic E-state index is 13.4. The number of H-pyrrole nitrogens is 1. The van der Waals surface area contributed by atoms with Gasteiger partial charge in [0.25, 0.3) is 5.91 Å². The summed E-state index contributed by atoms with van der Waals surface area (Å²) >= 11 is 5.35. The molecule has 2 unspecified atom stereocenters. The number of likely N-dealkylation sites (tertiary alicyclic amines) is 1. The Balaban J connectivity index is 1.49. The molecule has 5 rings (SSSR count). The minimum Gasteiger partial charge on any atom is -0.508 e. The smallest absolute Gasteiger partial charge is 0.323 e. The number of imide groups is 1. The van der Waals surface area contributed by atoms with Crippen LogP contribution < -0.4 is 14.9 Å². The molecule has 1 aromatic heterocycles. The molecule has 3 atom stereocenters. The zero-order chi connectivity index (χ0) is 27.1. The van der Waals surface area contributed by atoms with Crippen molar-refractivity contribution in [2.24, 2.45) is 5.92 Å². The van der Waals surface area contributed by atoms with Crippen LogP contribution in [0.25, 0.3) is 0 Å². The minimum absolute atomic E-state index is 0.0518. The third kappa shape index (κ3) is 4.93. The number of ether oxygens (including phenoxy) is 1. The minimum atomic E-state index is -1.32. The van der Waals surface area contributed by atoms with Gasteiger partial charge in [-0.2, -0.15) is 0 Å². The number of carbonyl (C=O) groups excluding carboxylic acids is 3. The van der Waals surface area contributed by atoms with Gasteiger partial charge in [-0.15, -0.1) is 0 Å². The summed E-state index contributed by atoms with van der Waals surface area (Å²) in [7, 11) is 0. The molecule has 2 aliphatic heterocycles. The van der Waals surface area contributed by atoms with Crippen molar-refractivity contribution in [2.75, 3.05) is 18.5 Å². The van der Waals surface area contributed by atoms with Crippen molar-refractivity contribution in [3.05, 3.63) is 67.0 Å². The number of anilines is 1. The third-order valence-corrected chi connectivity index (χ3v) is 8.92. The number of aromatic nitrogens is 1. The predicted molar refractivity (Wildman–Crippen MR) is 141 cm³/mol. The van der Waals surface area contributed by atoms with Crippen LogP contribution in [0.5, 0.6) is 11.5 Å². The molecule has 2 aliphatic rings. The first-order chi connectivity index (χ1) is 18.1. The van der Waals surface area contributed by atoms with Gasteiger partial charge < -0.3 is 25.3 Å². The first-order valence-electron chi connectivity index (χ1n) is 11.1. The number of aromatic hydroxyl groups is 1. The summed E-state index contributed by atoms with van der Waals surface area (Å²) < 4.78 is 6.48. The number of benzene rings is 2. The first kappa shape index (κ1) is 26.0. The number of nitrogens with zero attached hydrogens (tertiary/aromatic N) is 1. The Morgan fingerprint density at radius 3 is 2.55 bits per heavy atom. The molecule has 3 heterocycles. The van der Waals surface area contributed by atoms with Crippen LogP contribution in [-0.2, 0) is 19.2 Å². The summed E-state index contributed by atoms with van der Waals surface area (Å²) in [5, 5.41) is 20.8. The fourth-order valence-corrected chi connectivity index (χ4v) is 7.39. The molecule has 1 fully saturated rings. The SMILES string of the molecule is O=C(O)CN1C(=O)C2Sc3[nH]c(=O)sc3[C@H](c3cc(Br)ccc3OCC(=O)Nc3ccc(O)cc3)C2C1=O. The second-order valence-corrected chi connectivity index (χ2v) is 11.6. The van der Waals surface area contributed by atoms with E-state index in [2.05, 4.69) is 26.2 Å². The maximum Gasteiger partial charge on any atom is 0.323 e. The highest BCUT2D eigenvalue weighted by Gasteiger charge is 2.56. The van der Waals surface area contributed by atoms with E-state index >= 15 is 0 Å². The number of amides is 3. The zero-order valence-electron chi connectivity index (χ0n) is 19.2. The Morgan fingerprint density at radius 2 is 1.84 bits per heavy atom. The van der Waals surface area contributed by atoms with Crippen LogP contribution in [0.1, 0.15) is 16.4 Å². The van der Waals surface area contributed by atoms with Gasteiger partial charge in [-0.25, -0.2) is 0 Å². The number of thiazole rings is 1. The van der Waals surface area contributed by atoms with Crippen LogP contribution in [0.3, 0.4) is 0 Å². The number of aromatic amines is 1. The number of phenolic OH excluding ortho intramolecular Hbond substituents is 1. The number of hydrogen-bond acceptors (Lipinski definition) is 9. The molecule has 0 spiro atoms. The van der Waals surface area contributed by atoms with E-state index in [0.717, 1.165) is 28.0 Å². The summed E-state index contributed by atoms with van der Waals surface area (Å²) in [5.74, 6) is -4.56. The lowest BCUT2D eigenvalue weighted by Gasteiger charge is -2.31. The highest BCUT2D eigenvalue weighted by Crippen LogP contribution is 2.54. The van der Waals surface area contributed by atoms with Crippen molar-refractivity contribution in [3.8, 4) is 11.5 Å². The summed E-state index contributed by atoms with van der Waals surface area (Å²) in [6.07, 6.45) is 0. The maximum absolute atomic E-state index is 13.4.